The minimum atomic E-state index is -0.519. The molecule has 0 unspecified atom stereocenters. The third-order valence-corrected chi connectivity index (χ3v) is 3.65. The van der Waals surface area contributed by atoms with Crippen LogP contribution < -0.4 is 5.32 Å². The fourth-order valence-corrected chi connectivity index (χ4v) is 2.19. The van der Waals surface area contributed by atoms with Crippen LogP contribution in [0.2, 0.25) is 0 Å². The van der Waals surface area contributed by atoms with Gasteiger partial charge in [-0.15, -0.1) is 0 Å². The summed E-state index contributed by atoms with van der Waals surface area (Å²) in [6.07, 6.45) is 2.89. The summed E-state index contributed by atoms with van der Waals surface area (Å²) in [5.41, 5.74) is 0.995. The Hall–Kier alpha value is -1.40. The molecule has 1 aromatic rings. The molecule has 6 heteroatoms. The Morgan fingerprint density at radius 2 is 2.33 bits per heavy atom. The number of rotatable bonds is 6. The van der Waals surface area contributed by atoms with Crippen molar-refractivity contribution in [3.8, 4) is 0 Å². The number of carbonyl (C=O) groups is 1. The molecule has 2 heterocycles. The van der Waals surface area contributed by atoms with Crippen LogP contribution in [0.25, 0.3) is 0 Å². The van der Waals surface area contributed by atoms with Crippen LogP contribution in [0.3, 0.4) is 0 Å². The minimum absolute atomic E-state index is 0.118. The Bertz CT molecular complexity index is 453. The van der Waals surface area contributed by atoms with Crippen molar-refractivity contribution in [2.45, 2.75) is 58.2 Å². The second-order valence-corrected chi connectivity index (χ2v) is 5.82. The zero-order chi connectivity index (χ0) is 15.2. The van der Waals surface area contributed by atoms with Crippen LogP contribution in [0.15, 0.2) is 6.07 Å². The van der Waals surface area contributed by atoms with Crippen molar-refractivity contribution in [3.05, 3.63) is 11.8 Å². The Kier molecular flexibility index (Phi) is 5.76. The van der Waals surface area contributed by atoms with Crippen LogP contribution in [0.5, 0.6) is 0 Å². The highest BCUT2D eigenvalue weighted by molar-refractivity contribution is 5.93. The molecule has 21 heavy (non-hydrogen) atoms. The molecule has 1 amide bonds. The van der Waals surface area contributed by atoms with Crippen molar-refractivity contribution >= 4 is 11.7 Å². The first kappa shape index (κ1) is 16.0. The van der Waals surface area contributed by atoms with E-state index in [2.05, 4.69) is 29.4 Å². The van der Waals surface area contributed by atoms with E-state index in [9.17, 15) is 4.79 Å². The molecular weight excluding hydrogens is 270 g/mol. The van der Waals surface area contributed by atoms with Crippen molar-refractivity contribution in [1.29, 1.82) is 0 Å². The maximum atomic E-state index is 12.0. The summed E-state index contributed by atoms with van der Waals surface area (Å²) < 4.78 is 11.2. The Labute approximate surface area is 125 Å². The maximum Gasteiger partial charge on any atom is 0.254 e. The number of aromatic amines is 1. The Balaban J connectivity index is 1.75. The molecule has 0 aliphatic carbocycles. The van der Waals surface area contributed by atoms with Gasteiger partial charge in [0.05, 0.1) is 12.7 Å². The van der Waals surface area contributed by atoms with Gasteiger partial charge in [0.25, 0.3) is 5.91 Å². The number of anilines is 1. The molecule has 0 radical (unpaired) electrons. The number of aromatic nitrogens is 2. The summed E-state index contributed by atoms with van der Waals surface area (Å²) in [6, 6.07) is 1.85. The molecule has 0 spiro atoms. The number of amides is 1. The normalized spacial score (nSPS) is 20.5. The molecule has 2 rings (SSSR count). The van der Waals surface area contributed by atoms with Crippen molar-refractivity contribution < 1.29 is 14.3 Å². The summed E-state index contributed by atoms with van der Waals surface area (Å²) in [7, 11) is 0. The molecule has 0 aromatic carbocycles. The van der Waals surface area contributed by atoms with Crippen LogP contribution in [0.4, 0.5) is 5.82 Å². The number of ether oxygens (including phenoxy) is 2. The molecular formula is C15H25N3O3. The van der Waals surface area contributed by atoms with E-state index < -0.39 is 6.10 Å². The summed E-state index contributed by atoms with van der Waals surface area (Å²) in [4.78, 5) is 12.0. The maximum absolute atomic E-state index is 12.0. The fraction of sp³-hybridized carbons (Fsp3) is 0.733. The molecule has 1 saturated heterocycles. The fourth-order valence-electron chi connectivity index (χ4n) is 2.19. The second-order valence-electron chi connectivity index (χ2n) is 5.82. The van der Waals surface area contributed by atoms with Gasteiger partial charge in [0.15, 0.2) is 5.82 Å². The Morgan fingerprint density at radius 3 is 2.95 bits per heavy atom. The topological polar surface area (TPSA) is 76.2 Å². The molecule has 118 valence electrons. The van der Waals surface area contributed by atoms with E-state index in [0.717, 1.165) is 25.1 Å². The number of hydrogen-bond donors (Lipinski definition) is 2. The molecule has 1 aliphatic heterocycles. The van der Waals surface area contributed by atoms with Crippen molar-refractivity contribution in [2.75, 3.05) is 18.5 Å². The van der Waals surface area contributed by atoms with Gasteiger partial charge in [0.1, 0.15) is 6.10 Å². The summed E-state index contributed by atoms with van der Waals surface area (Å²) in [5, 5.41) is 9.74. The van der Waals surface area contributed by atoms with Gasteiger partial charge in [0, 0.05) is 18.4 Å². The molecule has 1 fully saturated rings. The van der Waals surface area contributed by atoms with E-state index in [1.54, 1.807) is 6.92 Å². The summed E-state index contributed by atoms with van der Waals surface area (Å²) >= 11 is 0. The summed E-state index contributed by atoms with van der Waals surface area (Å²) in [5.74, 6) is 0.695. The molecule has 1 aromatic heterocycles. The van der Waals surface area contributed by atoms with Gasteiger partial charge in [-0.05, 0) is 32.1 Å². The van der Waals surface area contributed by atoms with E-state index >= 15 is 0 Å². The van der Waals surface area contributed by atoms with Crippen molar-refractivity contribution in [3.63, 3.8) is 0 Å². The van der Waals surface area contributed by atoms with Crippen molar-refractivity contribution in [1.82, 2.24) is 10.2 Å². The third-order valence-electron chi connectivity index (χ3n) is 3.65. The standard InChI is InChI=1S/C15H25N3O3/c1-10(2)13-8-14(18-17-13)16-15(19)11(3)21-9-12-6-4-5-7-20-12/h8,10-12H,4-7,9H2,1-3H3,(H2,16,17,18,19)/t11-,12-/m1/s1. The first-order valence-corrected chi connectivity index (χ1v) is 7.65. The van der Waals surface area contributed by atoms with E-state index in [1.807, 2.05) is 6.07 Å². The first-order valence-electron chi connectivity index (χ1n) is 7.65. The number of carbonyl (C=O) groups excluding carboxylic acids is 1. The second kappa shape index (κ2) is 7.56. The zero-order valence-electron chi connectivity index (χ0n) is 13.0. The highest BCUT2D eigenvalue weighted by atomic mass is 16.5. The smallest absolute Gasteiger partial charge is 0.254 e. The molecule has 2 N–H and O–H groups in total. The highest BCUT2D eigenvalue weighted by Crippen LogP contribution is 2.16. The number of H-pyrrole nitrogens is 1. The average Bonchev–Trinajstić information content (AvgIpc) is 2.94. The molecule has 6 nitrogen and oxygen atoms in total. The third kappa shape index (κ3) is 4.82. The average molecular weight is 295 g/mol. The lowest BCUT2D eigenvalue weighted by Crippen LogP contribution is -2.32. The number of nitrogens with one attached hydrogen (secondary N) is 2. The van der Waals surface area contributed by atoms with E-state index in [-0.39, 0.29) is 12.0 Å². The lowest BCUT2D eigenvalue weighted by molar-refractivity contribution is -0.130. The largest absolute Gasteiger partial charge is 0.376 e. The van der Waals surface area contributed by atoms with E-state index in [1.165, 1.54) is 6.42 Å². The zero-order valence-corrected chi connectivity index (χ0v) is 13.0. The van der Waals surface area contributed by atoms with E-state index in [4.69, 9.17) is 9.47 Å². The highest BCUT2D eigenvalue weighted by Gasteiger charge is 2.19. The quantitative estimate of drug-likeness (QED) is 0.845. The van der Waals surface area contributed by atoms with Crippen LogP contribution in [0.1, 0.15) is 51.6 Å². The molecule has 0 bridgehead atoms. The number of hydrogen-bond acceptors (Lipinski definition) is 4. The van der Waals surface area contributed by atoms with Crippen LogP contribution in [0, 0.1) is 0 Å². The number of nitrogens with zero attached hydrogens (tertiary/aromatic N) is 1. The first-order chi connectivity index (χ1) is 10.1. The van der Waals surface area contributed by atoms with Crippen LogP contribution in [-0.2, 0) is 14.3 Å². The van der Waals surface area contributed by atoms with E-state index in [0.29, 0.717) is 18.3 Å². The minimum Gasteiger partial charge on any atom is -0.376 e. The predicted molar refractivity (Wildman–Crippen MR) is 80.3 cm³/mol. The van der Waals surface area contributed by atoms with Gasteiger partial charge in [0.2, 0.25) is 0 Å². The molecule has 0 saturated carbocycles. The SMILES string of the molecule is CC(C)c1cc(NC(=O)[C@@H](C)OC[C@H]2CCCCO2)n[nH]1. The lowest BCUT2D eigenvalue weighted by atomic mass is 10.1. The van der Waals surface area contributed by atoms with Gasteiger partial charge in [-0.2, -0.15) is 5.10 Å². The van der Waals surface area contributed by atoms with Gasteiger partial charge < -0.3 is 14.8 Å². The monoisotopic (exact) mass is 295 g/mol. The van der Waals surface area contributed by atoms with Crippen LogP contribution in [-0.4, -0.2) is 41.5 Å². The van der Waals surface area contributed by atoms with Gasteiger partial charge in [-0.1, -0.05) is 13.8 Å². The Morgan fingerprint density at radius 1 is 1.52 bits per heavy atom. The summed E-state index contributed by atoms with van der Waals surface area (Å²) in [6.45, 7) is 7.13. The van der Waals surface area contributed by atoms with Crippen molar-refractivity contribution in [2.24, 2.45) is 0 Å². The predicted octanol–water partition coefficient (Wildman–Crippen LogP) is 2.45. The molecule has 2 atom stereocenters. The molecule has 1 aliphatic rings. The van der Waals surface area contributed by atoms with Gasteiger partial charge in [-0.25, -0.2) is 0 Å². The van der Waals surface area contributed by atoms with Gasteiger partial charge >= 0.3 is 0 Å². The lowest BCUT2D eigenvalue weighted by Gasteiger charge is -2.23. The van der Waals surface area contributed by atoms with Gasteiger partial charge in [-0.3, -0.25) is 9.89 Å². The van der Waals surface area contributed by atoms with Crippen LogP contribution >= 0.6 is 0 Å².